The maximum absolute atomic E-state index is 5.97. The molecule has 0 aliphatic carbocycles. The summed E-state index contributed by atoms with van der Waals surface area (Å²) in [5.74, 6) is 0.640. The third-order valence-electron chi connectivity index (χ3n) is 3.33. The zero-order valence-electron chi connectivity index (χ0n) is 10.8. The van der Waals surface area contributed by atoms with Gasteiger partial charge in [-0.3, -0.25) is 0 Å². The molecule has 3 heterocycles. The minimum absolute atomic E-state index is 0.0504. The van der Waals surface area contributed by atoms with Crippen molar-refractivity contribution in [2.75, 3.05) is 5.32 Å². The number of aromatic nitrogens is 4. The SMILES string of the molecule is Clc1ccc([C@@H]2C=C(c3cccs3)Nc3nnnn32)cc1. The number of hydrogen-bond acceptors (Lipinski definition) is 5. The Bertz CT molecular complexity index is 791. The quantitative estimate of drug-likeness (QED) is 0.787. The largest absolute Gasteiger partial charge is 0.322 e. The van der Waals surface area contributed by atoms with E-state index in [4.69, 9.17) is 11.6 Å². The van der Waals surface area contributed by atoms with Crippen LogP contribution in [0, 0.1) is 0 Å². The molecule has 1 aliphatic rings. The van der Waals surface area contributed by atoms with Gasteiger partial charge in [0.05, 0.1) is 10.6 Å². The summed E-state index contributed by atoms with van der Waals surface area (Å²) in [6, 6.07) is 11.8. The molecule has 0 amide bonds. The van der Waals surface area contributed by atoms with Crippen LogP contribution in [0.3, 0.4) is 0 Å². The molecule has 0 fully saturated rings. The summed E-state index contributed by atoms with van der Waals surface area (Å²) in [6.07, 6.45) is 2.12. The molecule has 0 spiro atoms. The normalized spacial score (nSPS) is 17.0. The number of rotatable bonds is 2. The van der Waals surface area contributed by atoms with Crippen LogP contribution in [0.5, 0.6) is 0 Å². The van der Waals surface area contributed by atoms with Crippen LogP contribution in [-0.2, 0) is 0 Å². The zero-order valence-corrected chi connectivity index (χ0v) is 12.3. The van der Waals surface area contributed by atoms with Crippen molar-refractivity contribution in [3.8, 4) is 0 Å². The van der Waals surface area contributed by atoms with Crippen molar-refractivity contribution in [1.82, 2.24) is 20.2 Å². The van der Waals surface area contributed by atoms with Gasteiger partial charge in [-0.05, 0) is 45.6 Å². The van der Waals surface area contributed by atoms with Gasteiger partial charge in [0.1, 0.15) is 6.04 Å². The Labute approximate surface area is 129 Å². The second-order valence-corrected chi connectivity index (χ2v) is 6.01. The van der Waals surface area contributed by atoms with E-state index < -0.39 is 0 Å². The van der Waals surface area contributed by atoms with E-state index in [1.165, 1.54) is 0 Å². The molecule has 0 saturated heterocycles. The van der Waals surface area contributed by atoms with Gasteiger partial charge >= 0.3 is 0 Å². The number of tetrazole rings is 1. The van der Waals surface area contributed by atoms with Crippen LogP contribution in [0.2, 0.25) is 5.02 Å². The van der Waals surface area contributed by atoms with Crippen LogP contribution < -0.4 is 5.32 Å². The summed E-state index contributed by atoms with van der Waals surface area (Å²) in [5, 5.41) is 17.9. The lowest BCUT2D eigenvalue weighted by Crippen LogP contribution is -2.19. The predicted molar refractivity (Wildman–Crippen MR) is 83.3 cm³/mol. The molecule has 0 radical (unpaired) electrons. The van der Waals surface area contributed by atoms with Crippen molar-refractivity contribution in [2.45, 2.75) is 6.04 Å². The van der Waals surface area contributed by atoms with Crippen molar-refractivity contribution in [3.05, 3.63) is 63.3 Å². The Morgan fingerprint density at radius 2 is 2.05 bits per heavy atom. The summed E-state index contributed by atoms with van der Waals surface area (Å²) in [4.78, 5) is 1.16. The Kier molecular flexibility index (Phi) is 2.98. The van der Waals surface area contributed by atoms with Crippen molar-refractivity contribution >= 4 is 34.6 Å². The van der Waals surface area contributed by atoms with Gasteiger partial charge in [-0.2, -0.15) is 4.68 Å². The number of benzene rings is 1. The van der Waals surface area contributed by atoms with Crippen molar-refractivity contribution in [1.29, 1.82) is 0 Å². The Hall–Kier alpha value is -2.18. The van der Waals surface area contributed by atoms with Crippen LogP contribution in [0.1, 0.15) is 16.5 Å². The first-order valence-electron chi connectivity index (χ1n) is 6.37. The van der Waals surface area contributed by atoms with E-state index in [-0.39, 0.29) is 6.04 Å². The lowest BCUT2D eigenvalue weighted by atomic mass is 10.0. The number of allylic oxidation sites excluding steroid dienone is 1. The van der Waals surface area contributed by atoms with Crippen molar-refractivity contribution in [3.63, 3.8) is 0 Å². The molecule has 104 valence electrons. The molecule has 0 unspecified atom stereocenters. The van der Waals surface area contributed by atoms with Crippen molar-refractivity contribution in [2.24, 2.45) is 0 Å². The molecule has 0 saturated carbocycles. The Balaban J connectivity index is 1.82. The highest BCUT2D eigenvalue weighted by Gasteiger charge is 2.24. The highest BCUT2D eigenvalue weighted by atomic mass is 35.5. The fraction of sp³-hybridized carbons (Fsp3) is 0.0714. The minimum atomic E-state index is -0.0504. The van der Waals surface area contributed by atoms with Crippen molar-refractivity contribution < 1.29 is 0 Å². The first-order valence-corrected chi connectivity index (χ1v) is 7.63. The molecule has 4 rings (SSSR count). The second kappa shape index (κ2) is 4.98. The molecule has 1 N–H and O–H groups in total. The van der Waals surface area contributed by atoms with Gasteiger partial charge in [0.25, 0.3) is 0 Å². The molecule has 5 nitrogen and oxygen atoms in total. The highest BCUT2D eigenvalue weighted by molar-refractivity contribution is 7.11. The first kappa shape index (κ1) is 12.6. The molecule has 7 heteroatoms. The number of halogens is 1. The monoisotopic (exact) mass is 315 g/mol. The molecule has 3 aromatic rings. The van der Waals surface area contributed by atoms with E-state index >= 15 is 0 Å². The van der Waals surface area contributed by atoms with Crippen LogP contribution in [0.25, 0.3) is 5.70 Å². The van der Waals surface area contributed by atoms with Gasteiger partial charge in [0.15, 0.2) is 0 Å². The maximum Gasteiger partial charge on any atom is 0.248 e. The van der Waals surface area contributed by atoms with E-state index in [1.54, 1.807) is 16.0 Å². The lowest BCUT2D eigenvalue weighted by Gasteiger charge is -2.22. The fourth-order valence-electron chi connectivity index (χ4n) is 2.33. The molecule has 0 bridgehead atoms. The molecular weight excluding hydrogens is 306 g/mol. The Morgan fingerprint density at radius 3 is 2.81 bits per heavy atom. The number of hydrogen-bond donors (Lipinski definition) is 1. The number of thiophene rings is 1. The summed E-state index contributed by atoms with van der Waals surface area (Å²) < 4.78 is 1.76. The zero-order chi connectivity index (χ0) is 14.2. The smallest absolute Gasteiger partial charge is 0.248 e. The molecular formula is C14H10ClN5S. The maximum atomic E-state index is 5.97. The van der Waals surface area contributed by atoms with Gasteiger partial charge in [-0.15, -0.1) is 11.3 Å². The third kappa shape index (κ3) is 2.22. The van der Waals surface area contributed by atoms with Gasteiger partial charge in [-0.25, -0.2) is 0 Å². The number of nitrogens with one attached hydrogen (secondary N) is 1. The lowest BCUT2D eigenvalue weighted by molar-refractivity contribution is 0.586. The fourth-order valence-corrected chi connectivity index (χ4v) is 3.16. The Morgan fingerprint density at radius 1 is 1.19 bits per heavy atom. The number of fused-ring (bicyclic) bond motifs is 1. The van der Waals surface area contributed by atoms with E-state index in [1.807, 2.05) is 35.7 Å². The van der Waals surface area contributed by atoms with E-state index in [2.05, 4.69) is 33.0 Å². The van der Waals surface area contributed by atoms with E-state index in [0.29, 0.717) is 11.0 Å². The average Bonchev–Trinajstić information content (AvgIpc) is 3.18. The summed E-state index contributed by atoms with van der Waals surface area (Å²) >= 11 is 7.64. The minimum Gasteiger partial charge on any atom is -0.322 e. The van der Waals surface area contributed by atoms with Crippen LogP contribution in [0.15, 0.2) is 47.9 Å². The third-order valence-corrected chi connectivity index (χ3v) is 4.48. The van der Waals surface area contributed by atoms with E-state index in [0.717, 1.165) is 16.1 Å². The standard InChI is InChI=1S/C14H10ClN5S/c15-10-5-3-9(4-6-10)12-8-11(13-2-1-7-21-13)16-14-17-18-19-20(12)14/h1-8,12H,(H,16,17,19)/t12-/m0/s1. The van der Waals surface area contributed by atoms with Crippen LogP contribution in [-0.4, -0.2) is 20.2 Å². The number of anilines is 1. The molecule has 1 atom stereocenters. The molecule has 1 aromatic carbocycles. The second-order valence-electron chi connectivity index (χ2n) is 4.63. The predicted octanol–water partition coefficient (Wildman–Crippen LogP) is 3.44. The summed E-state index contributed by atoms with van der Waals surface area (Å²) in [5.41, 5.74) is 2.11. The molecule has 1 aliphatic heterocycles. The van der Waals surface area contributed by atoms with Gasteiger partial charge in [0, 0.05) is 5.02 Å². The van der Waals surface area contributed by atoms with Crippen LogP contribution >= 0.6 is 22.9 Å². The number of nitrogens with zero attached hydrogens (tertiary/aromatic N) is 4. The highest BCUT2D eigenvalue weighted by Crippen LogP contribution is 2.33. The van der Waals surface area contributed by atoms with Gasteiger partial charge in [-0.1, -0.05) is 34.9 Å². The first-order chi connectivity index (χ1) is 10.3. The topological polar surface area (TPSA) is 55.6 Å². The van der Waals surface area contributed by atoms with Crippen LogP contribution in [0.4, 0.5) is 5.95 Å². The van der Waals surface area contributed by atoms with Gasteiger partial charge in [0.2, 0.25) is 5.95 Å². The van der Waals surface area contributed by atoms with Gasteiger partial charge < -0.3 is 5.32 Å². The summed E-state index contributed by atoms with van der Waals surface area (Å²) in [6.45, 7) is 0. The molecule has 2 aromatic heterocycles. The summed E-state index contributed by atoms with van der Waals surface area (Å²) in [7, 11) is 0. The van der Waals surface area contributed by atoms with E-state index in [9.17, 15) is 0 Å². The molecule has 21 heavy (non-hydrogen) atoms. The average molecular weight is 316 g/mol.